The average molecular weight is 677 g/mol. The number of nitrogens with zero attached hydrogens (tertiary/aromatic N) is 3. The second-order valence-corrected chi connectivity index (χ2v) is 11.1. The SMILES string of the molecule is O=C1CCC(n2ncc3cccc(NCCOCCOCCOCCOCCOCCOCCC(=O)N4CCNCC4)c3c2=O)C(=O)N1. The first-order valence-electron chi connectivity index (χ1n) is 16.6. The monoisotopic (exact) mass is 676 g/mol. The summed E-state index contributed by atoms with van der Waals surface area (Å²) in [5, 5.41) is 14.0. The van der Waals surface area contributed by atoms with Crippen molar-refractivity contribution in [3.05, 3.63) is 34.7 Å². The summed E-state index contributed by atoms with van der Waals surface area (Å²) in [5.74, 6) is -0.734. The van der Waals surface area contributed by atoms with Crippen LogP contribution < -0.4 is 21.5 Å². The van der Waals surface area contributed by atoms with Gasteiger partial charge in [0.15, 0.2) is 0 Å². The summed E-state index contributed by atoms with van der Waals surface area (Å²) in [5.41, 5.74) is 0.221. The molecule has 48 heavy (non-hydrogen) atoms. The van der Waals surface area contributed by atoms with E-state index in [9.17, 15) is 19.2 Å². The molecule has 2 aliphatic heterocycles. The van der Waals surface area contributed by atoms with Crippen LogP contribution in [0.4, 0.5) is 5.69 Å². The normalized spacial score (nSPS) is 16.8. The molecule has 16 nitrogen and oxygen atoms in total. The van der Waals surface area contributed by atoms with E-state index in [1.165, 1.54) is 0 Å². The molecule has 266 valence electrons. The largest absolute Gasteiger partial charge is 0.382 e. The number of ether oxygens (including phenoxy) is 6. The number of carbonyl (C=O) groups is 3. The van der Waals surface area contributed by atoms with Crippen molar-refractivity contribution >= 4 is 34.2 Å². The number of anilines is 1. The zero-order valence-corrected chi connectivity index (χ0v) is 27.5. The highest BCUT2D eigenvalue weighted by atomic mass is 16.6. The highest BCUT2D eigenvalue weighted by Gasteiger charge is 2.30. The van der Waals surface area contributed by atoms with Crippen LogP contribution in [0.3, 0.4) is 0 Å². The Morgan fingerprint density at radius 2 is 1.40 bits per heavy atom. The lowest BCUT2D eigenvalue weighted by Gasteiger charge is -2.27. The van der Waals surface area contributed by atoms with E-state index in [0.717, 1.165) is 30.9 Å². The van der Waals surface area contributed by atoms with Crippen molar-refractivity contribution in [3.8, 4) is 0 Å². The standard InChI is InChI=1S/C32H48N6O10/c39-28-5-4-27(31(41)36-28)38-32(42)30-25(24-35-38)2-1-3-26(30)34-9-13-44-15-17-46-19-21-48-23-22-47-20-18-45-16-14-43-12-6-29(40)37-10-7-33-8-11-37/h1-3,24,27,33-34H,4-23H2,(H,36,39,41). The summed E-state index contributed by atoms with van der Waals surface area (Å²) in [6.07, 6.45) is 2.34. The third-order valence-corrected chi connectivity index (χ3v) is 7.70. The predicted octanol–water partition coefficient (Wildman–Crippen LogP) is -0.292. The van der Waals surface area contributed by atoms with Gasteiger partial charge in [-0.15, -0.1) is 0 Å². The van der Waals surface area contributed by atoms with Crippen molar-refractivity contribution in [3.63, 3.8) is 0 Å². The van der Waals surface area contributed by atoms with Gasteiger partial charge in [0.25, 0.3) is 11.5 Å². The number of aromatic nitrogens is 2. The molecule has 3 N–H and O–H groups in total. The summed E-state index contributed by atoms with van der Waals surface area (Å²) < 4.78 is 34.2. The number of nitrogens with one attached hydrogen (secondary N) is 3. The molecule has 1 aromatic heterocycles. The molecule has 0 aliphatic carbocycles. The van der Waals surface area contributed by atoms with Gasteiger partial charge in [0.2, 0.25) is 11.8 Å². The Balaban J connectivity index is 0.936. The van der Waals surface area contributed by atoms with E-state index in [1.54, 1.807) is 18.3 Å². The Bertz CT molecular complexity index is 1350. The van der Waals surface area contributed by atoms with Crippen LogP contribution in [0.2, 0.25) is 0 Å². The minimum atomic E-state index is -0.824. The lowest BCUT2D eigenvalue weighted by Crippen LogP contribution is -2.46. The van der Waals surface area contributed by atoms with Crippen LogP contribution in [0, 0.1) is 0 Å². The highest BCUT2D eigenvalue weighted by molar-refractivity contribution is 5.99. The van der Waals surface area contributed by atoms with Gasteiger partial charge in [-0.1, -0.05) is 12.1 Å². The van der Waals surface area contributed by atoms with E-state index in [2.05, 4.69) is 21.0 Å². The van der Waals surface area contributed by atoms with Crippen LogP contribution in [0.1, 0.15) is 25.3 Å². The van der Waals surface area contributed by atoms with E-state index in [0.29, 0.717) is 109 Å². The molecular weight excluding hydrogens is 628 g/mol. The molecule has 2 fully saturated rings. The minimum Gasteiger partial charge on any atom is -0.382 e. The van der Waals surface area contributed by atoms with Crippen molar-refractivity contribution in [1.82, 2.24) is 25.3 Å². The molecule has 4 rings (SSSR count). The van der Waals surface area contributed by atoms with Crippen molar-refractivity contribution in [2.24, 2.45) is 0 Å². The van der Waals surface area contributed by atoms with Crippen LogP contribution in [0.15, 0.2) is 29.2 Å². The molecular formula is C32H48N6O10. The molecule has 1 unspecified atom stereocenters. The van der Waals surface area contributed by atoms with Crippen molar-refractivity contribution in [2.45, 2.75) is 25.3 Å². The first-order chi connectivity index (χ1) is 23.5. The van der Waals surface area contributed by atoms with Crippen molar-refractivity contribution in [2.75, 3.05) is 117 Å². The zero-order chi connectivity index (χ0) is 33.8. The number of rotatable bonds is 23. The van der Waals surface area contributed by atoms with Crippen LogP contribution in [-0.2, 0) is 42.8 Å². The van der Waals surface area contributed by atoms with Gasteiger partial charge >= 0.3 is 0 Å². The number of hydrogen-bond donors (Lipinski definition) is 3. The number of carbonyl (C=O) groups excluding carboxylic acids is 3. The molecule has 1 atom stereocenters. The molecule has 0 saturated carbocycles. The van der Waals surface area contributed by atoms with Gasteiger partial charge in [0.1, 0.15) is 6.04 Å². The smallest absolute Gasteiger partial charge is 0.277 e. The molecule has 3 amide bonds. The number of piperidine rings is 1. The molecule has 2 aliphatic rings. The Morgan fingerprint density at radius 1 is 0.812 bits per heavy atom. The quantitative estimate of drug-likeness (QED) is 0.103. The molecule has 2 saturated heterocycles. The maximum atomic E-state index is 13.2. The van der Waals surface area contributed by atoms with Gasteiger partial charge in [-0.05, 0) is 12.5 Å². The van der Waals surface area contributed by atoms with Crippen molar-refractivity contribution in [1.29, 1.82) is 0 Å². The van der Waals surface area contributed by atoms with Gasteiger partial charge in [-0.2, -0.15) is 5.10 Å². The third kappa shape index (κ3) is 12.5. The fraction of sp³-hybridized carbons (Fsp3) is 0.656. The zero-order valence-electron chi connectivity index (χ0n) is 27.5. The molecule has 0 bridgehead atoms. The van der Waals surface area contributed by atoms with Crippen LogP contribution in [-0.4, -0.2) is 144 Å². The van der Waals surface area contributed by atoms with E-state index in [-0.39, 0.29) is 24.7 Å². The Morgan fingerprint density at radius 3 is 2.00 bits per heavy atom. The Labute approximate surface area is 279 Å². The summed E-state index contributed by atoms with van der Waals surface area (Å²) in [7, 11) is 0. The first-order valence-corrected chi connectivity index (χ1v) is 16.6. The summed E-state index contributed by atoms with van der Waals surface area (Å²) >= 11 is 0. The molecule has 0 radical (unpaired) electrons. The first kappa shape index (κ1) is 37.3. The highest BCUT2D eigenvalue weighted by Crippen LogP contribution is 2.21. The van der Waals surface area contributed by atoms with Gasteiger partial charge in [0.05, 0.1) is 97.3 Å². The number of piperazine rings is 1. The second kappa shape index (κ2) is 21.5. The summed E-state index contributed by atoms with van der Waals surface area (Å²) in [4.78, 5) is 50.9. The van der Waals surface area contributed by atoms with Gasteiger partial charge in [-0.25, -0.2) is 4.68 Å². The van der Waals surface area contributed by atoms with Crippen LogP contribution in [0.25, 0.3) is 10.8 Å². The second-order valence-electron chi connectivity index (χ2n) is 11.1. The van der Waals surface area contributed by atoms with E-state index in [4.69, 9.17) is 28.4 Å². The van der Waals surface area contributed by atoms with Crippen molar-refractivity contribution < 1.29 is 42.8 Å². The molecule has 0 spiro atoms. The number of benzene rings is 1. The molecule has 2 aromatic rings. The molecule has 1 aromatic carbocycles. The van der Waals surface area contributed by atoms with Gasteiger partial charge in [-0.3, -0.25) is 24.5 Å². The van der Waals surface area contributed by atoms with Gasteiger partial charge < -0.3 is 44.0 Å². The number of imide groups is 1. The Hall–Kier alpha value is -3.51. The summed E-state index contributed by atoms with van der Waals surface area (Å²) in [6, 6.07) is 4.57. The maximum absolute atomic E-state index is 13.2. The number of hydrogen-bond acceptors (Lipinski definition) is 13. The molecule has 16 heteroatoms. The lowest BCUT2D eigenvalue weighted by molar-refractivity contribution is -0.136. The fourth-order valence-electron chi connectivity index (χ4n) is 5.18. The lowest BCUT2D eigenvalue weighted by atomic mass is 10.1. The Kier molecular flexibility index (Phi) is 16.7. The minimum absolute atomic E-state index is 0.137. The maximum Gasteiger partial charge on any atom is 0.277 e. The number of amides is 3. The van der Waals surface area contributed by atoms with E-state index in [1.807, 2.05) is 11.0 Å². The third-order valence-electron chi connectivity index (χ3n) is 7.70. The number of fused-ring (bicyclic) bond motifs is 1. The van der Waals surface area contributed by atoms with E-state index < -0.39 is 17.5 Å². The van der Waals surface area contributed by atoms with E-state index >= 15 is 0 Å². The predicted molar refractivity (Wildman–Crippen MR) is 175 cm³/mol. The summed E-state index contributed by atoms with van der Waals surface area (Å²) in [6.45, 7) is 8.95. The fourth-order valence-corrected chi connectivity index (χ4v) is 5.18. The average Bonchev–Trinajstić information content (AvgIpc) is 3.09. The molecule has 3 heterocycles. The van der Waals surface area contributed by atoms with Crippen LogP contribution >= 0.6 is 0 Å². The topological polar surface area (TPSA) is 181 Å². The van der Waals surface area contributed by atoms with Gasteiger partial charge in [0, 0.05) is 50.2 Å². The van der Waals surface area contributed by atoms with Crippen LogP contribution in [0.5, 0.6) is 0 Å².